The molecule has 0 amide bonds. The Labute approximate surface area is 128 Å². The highest BCUT2D eigenvalue weighted by atomic mass is 15.3. The summed E-state index contributed by atoms with van der Waals surface area (Å²) < 4.78 is 2.14. The molecule has 2 aromatic rings. The van der Waals surface area contributed by atoms with Crippen LogP contribution >= 0.6 is 0 Å². The number of hydrogen-bond acceptors (Lipinski definition) is 7. The Morgan fingerprint density at radius 1 is 1.36 bits per heavy atom. The molecule has 0 spiro atoms. The maximum absolute atomic E-state index is 8.82. The van der Waals surface area contributed by atoms with E-state index in [1.54, 1.807) is 6.33 Å². The van der Waals surface area contributed by atoms with E-state index in [2.05, 4.69) is 30.0 Å². The fraction of sp³-hybridized carbons (Fsp3) is 0.500. The Bertz CT molecular complexity index is 680. The zero-order chi connectivity index (χ0) is 15.4. The monoisotopic (exact) mass is 298 g/mol. The van der Waals surface area contributed by atoms with Crippen LogP contribution in [0.15, 0.2) is 12.5 Å². The van der Waals surface area contributed by atoms with Gasteiger partial charge in [0.25, 0.3) is 0 Å². The van der Waals surface area contributed by atoms with Crippen molar-refractivity contribution < 1.29 is 0 Å². The standard InChI is InChI=1S/C14H18N8/c15-6-10-7-17-14(20-13(10)16)18-8-12-21-19-9-22(12)11-4-2-1-3-5-11/h7,9,11H,1-5,8H2,(H3,16,17,18,20). The van der Waals surface area contributed by atoms with Crippen molar-refractivity contribution in [1.82, 2.24) is 24.7 Å². The smallest absolute Gasteiger partial charge is 0.225 e. The summed E-state index contributed by atoms with van der Waals surface area (Å²) in [6.07, 6.45) is 9.37. The minimum atomic E-state index is 0.175. The maximum atomic E-state index is 8.82. The molecule has 3 rings (SSSR count). The molecule has 114 valence electrons. The van der Waals surface area contributed by atoms with Crippen LogP contribution in [0.5, 0.6) is 0 Å². The lowest BCUT2D eigenvalue weighted by Gasteiger charge is -2.24. The average molecular weight is 298 g/mol. The summed E-state index contributed by atoms with van der Waals surface area (Å²) in [5.74, 6) is 1.42. The van der Waals surface area contributed by atoms with Gasteiger partial charge in [-0.2, -0.15) is 10.2 Å². The molecule has 1 fully saturated rings. The van der Waals surface area contributed by atoms with Crippen LogP contribution in [0.3, 0.4) is 0 Å². The first-order chi connectivity index (χ1) is 10.8. The molecule has 0 radical (unpaired) electrons. The third-order valence-electron chi connectivity index (χ3n) is 3.96. The molecular formula is C14H18N8. The van der Waals surface area contributed by atoms with Gasteiger partial charge in [0.15, 0.2) is 5.82 Å². The lowest BCUT2D eigenvalue weighted by atomic mass is 9.95. The van der Waals surface area contributed by atoms with Crippen LogP contribution in [0.4, 0.5) is 11.8 Å². The third kappa shape index (κ3) is 2.98. The summed E-state index contributed by atoms with van der Waals surface area (Å²) >= 11 is 0. The molecule has 0 aliphatic heterocycles. The zero-order valence-corrected chi connectivity index (χ0v) is 12.2. The van der Waals surface area contributed by atoms with E-state index in [9.17, 15) is 0 Å². The van der Waals surface area contributed by atoms with Gasteiger partial charge in [0.1, 0.15) is 23.8 Å². The Morgan fingerprint density at radius 2 is 2.18 bits per heavy atom. The second-order valence-corrected chi connectivity index (χ2v) is 5.40. The van der Waals surface area contributed by atoms with Crippen molar-refractivity contribution in [2.45, 2.75) is 44.7 Å². The number of anilines is 2. The van der Waals surface area contributed by atoms with Gasteiger partial charge >= 0.3 is 0 Å². The van der Waals surface area contributed by atoms with Crippen molar-refractivity contribution in [2.24, 2.45) is 0 Å². The fourth-order valence-electron chi connectivity index (χ4n) is 2.78. The SMILES string of the molecule is N#Cc1cnc(NCc2nncn2C2CCCCC2)nc1N. The minimum absolute atomic E-state index is 0.175. The molecule has 0 aromatic carbocycles. The highest BCUT2D eigenvalue weighted by Gasteiger charge is 2.18. The average Bonchev–Trinajstić information content (AvgIpc) is 3.02. The van der Waals surface area contributed by atoms with Crippen LogP contribution in [0.25, 0.3) is 0 Å². The van der Waals surface area contributed by atoms with Crippen molar-refractivity contribution in [3.05, 3.63) is 23.9 Å². The van der Waals surface area contributed by atoms with E-state index in [4.69, 9.17) is 11.0 Å². The quantitative estimate of drug-likeness (QED) is 0.880. The van der Waals surface area contributed by atoms with Crippen LogP contribution in [0.2, 0.25) is 0 Å². The molecule has 0 saturated heterocycles. The zero-order valence-electron chi connectivity index (χ0n) is 12.2. The van der Waals surface area contributed by atoms with E-state index in [0.717, 1.165) is 5.82 Å². The van der Waals surface area contributed by atoms with Gasteiger partial charge in [0.2, 0.25) is 5.95 Å². The molecule has 3 N–H and O–H groups in total. The van der Waals surface area contributed by atoms with Gasteiger partial charge in [0.05, 0.1) is 12.7 Å². The molecule has 2 aromatic heterocycles. The van der Waals surface area contributed by atoms with Crippen molar-refractivity contribution in [2.75, 3.05) is 11.1 Å². The van der Waals surface area contributed by atoms with E-state index in [1.807, 2.05) is 6.07 Å². The van der Waals surface area contributed by atoms with Gasteiger partial charge < -0.3 is 15.6 Å². The van der Waals surface area contributed by atoms with Crippen LogP contribution < -0.4 is 11.1 Å². The van der Waals surface area contributed by atoms with E-state index < -0.39 is 0 Å². The van der Waals surface area contributed by atoms with Crippen molar-refractivity contribution >= 4 is 11.8 Å². The Morgan fingerprint density at radius 3 is 2.91 bits per heavy atom. The molecule has 8 heteroatoms. The number of nitrogen functional groups attached to an aromatic ring is 1. The molecular weight excluding hydrogens is 280 g/mol. The van der Waals surface area contributed by atoms with E-state index >= 15 is 0 Å². The normalized spacial score (nSPS) is 15.4. The lowest BCUT2D eigenvalue weighted by molar-refractivity contribution is 0.346. The van der Waals surface area contributed by atoms with Crippen molar-refractivity contribution in [3.8, 4) is 6.07 Å². The summed E-state index contributed by atoms with van der Waals surface area (Å²) in [4.78, 5) is 8.13. The second-order valence-electron chi connectivity index (χ2n) is 5.40. The number of nitrogens with one attached hydrogen (secondary N) is 1. The van der Waals surface area contributed by atoms with E-state index in [1.165, 1.54) is 38.3 Å². The lowest BCUT2D eigenvalue weighted by Crippen LogP contribution is -2.17. The van der Waals surface area contributed by atoms with E-state index in [0.29, 0.717) is 18.5 Å². The van der Waals surface area contributed by atoms with E-state index in [-0.39, 0.29) is 11.4 Å². The maximum Gasteiger partial charge on any atom is 0.225 e. The largest absolute Gasteiger partial charge is 0.382 e. The van der Waals surface area contributed by atoms with Crippen molar-refractivity contribution in [3.63, 3.8) is 0 Å². The highest BCUT2D eigenvalue weighted by Crippen LogP contribution is 2.28. The van der Waals surface area contributed by atoms with Crippen LogP contribution in [0.1, 0.15) is 49.5 Å². The number of nitrogens with two attached hydrogens (primary N) is 1. The van der Waals surface area contributed by atoms with Crippen molar-refractivity contribution in [1.29, 1.82) is 5.26 Å². The first kappa shape index (κ1) is 14.3. The molecule has 1 saturated carbocycles. The minimum Gasteiger partial charge on any atom is -0.382 e. The number of nitrogens with zero attached hydrogens (tertiary/aromatic N) is 6. The van der Waals surface area contributed by atoms with Gasteiger partial charge in [-0.3, -0.25) is 0 Å². The molecule has 0 unspecified atom stereocenters. The summed E-state index contributed by atoms with van der Waals surface area (Å²) in [5.41, 5.74) is 5.95. The predicted molar refractivity (Wildman–Crippen MR) is 80.6 cm³/mol. The molecule has 2 heterocycles. The molecule has 0 atom stereocenters. The molecule has 22 heavy (non-hydrogen) atoms. The van der Waals surface area contributed by atoms with Gasteiger partial charge in [-0.25, -0.2) is 4.98 Å². The van der Waals surface area contributed by atoms with Gasteiger partial charge in [-0.1, -0.05) is 19.3 Å². The molecule has 1 aliphatic carbocycles. The molecule has 1 aliphatic rings. The summed E-state index contributed by atoms with van der Waals surface area (Å²) in [6, 6.07) is 2.42. The first-order valence-corrected chi connectivity index (χ1v) is 7.43. The Kier molecular flexibility index (Phi) is 4.14. The van der Waals surface area contributed by atoms with Crippen LogP contribution in [-0.4, -0.2) is 24.7 Å². The fourth-order valence-corrected chi connectivity index (χ4v) is 2.78. The van der Waals surface area contributed by atoms with Crippen LogP contribution in [0, 0.1) is 11.3 Å². The molecule has 0 bridgehead atoms. The van der Waals surface area contributed by atoms with Crippen LogP contribution in [-0.2, 0) is 6.54 Å². The number of rotatable bonds is 4. The number of nitriles is 1. The number of hydrogen-bond donors (Lipinski definition) is 2. The summed E-state index contributed by atoms with van der Waals surface area (Å²) in [6.45, 7) is 0.474. The number of aromatic nitrogens is 5. The Hall–Kier alpha value is -2.69. The second kappa shape index (κ2) is 6.39. The van der Waals surface area contributed by atoms with Gasteiger partial charge in [-0.15, -0.1) is 10.2 Å². The van der Waals surface area contributed by atoms with Gasteiger partial charge in [0, 0.05) is 6.04 Å². The van der Waals surface area contributed by atoms with Gasteiger partial charge in [-0.05, 0) is 12.8 Å². The third-order valence-corrected chi connectivity index (χ3v) is 3.96. The Balaban J connectivity index is 1.68. The first-order valence-electron chi connectivity index (χ1n) is 7.43. The topological polar surface area (TPSA) is 118 Å². The summed E-state index contributed by atoms with van der Waals surface area (Å²) in [7, 11) is 0. The predicted octanol–water partition coefficient (Wildman–Crippen LogP) is 1.64. The molecule has 8 nitrogen and oxygen atoms in total. The summed E-state index contributed by atoms with van der Waals surface area (Å²) in [5, 5.41) is 20.1. The highest BCUT2D eigenvalue weighted by molar-refractivity contribution is 5.49.